The number of aromatic amines is 1. The summed E-state index contributed by atoms with van der Waals surface area (Å²) in [5.41, 5.74) is 6.97. The maximum atomic E-state index is 13.4. The van der Waals surface area contributed by atoms with Crippen molar-refractivity contribution in [2.45, 2.75) is 25.9 Å². The Morgan fingerprint density at radius 2 is 1.83 bits per heavy atom. The summed E-state index contributed by atoms with van der Waals surface area (Å²) in [4.78, 5) is 42.5. The fourth-order valence-electron chi connectivity index (χ4n) is 4.89. The number of ether oxygens (including phenoxy) is 1. The number of H-pyrrole nitrogens is 1. The zero-order valence-electron chi connectivity index (χ0n) is 23.0. The van der Waals surface area contributed by atoms with Crippen molar-refractivity contribution >= 4 is 49.8 Å². The highest BCUT2D eigenvalue weighted by molar-refractivity contribution is 7.31. The second-order valence-corrected chi connectivity index (χ2v) is 12.4. The third kappa shape index (κ3) is 5.33. The Bertz CT molecular complexity index is 1620. The highest BCUT2D eigenvalue weighted by atomic mass is 32.1. The number of thiophene rings is 2. The zero-order valence-corrected chi connectivity index (χ0v) is 24.6. The lowest BCUT2D eigenvalue weighted by Crippen LogP contribution is -2.51. The van der Waals surface area contributed by atoms with E-state index in [0.717, 1.165) is 21.8 Å². The van der Waals surface area contributed by atoms with Crippen molar-refractivity contribution in [3.05, 3.63) is 72.3 Å². The third-order valence-electron chi connectivity index (χ3n) is 7.07. The number of hydroxylamine groups is 3. The normalized spacial score (nSPS) is 17.3. The van der Waals surface area contributed by atoms with Gasteiger partial charge in [-0.1, -0.05) is 50.3 Å². The van der Waals surface area contributed by atoms with E-state index in [9.17, 15) is 9.59 Å². The number of hydrogen-bond acceptors (Lipinski definition) is 9. The van der Waals surface area contributed by atoms with Crippen molar-refractivity contribution in [2.24, 2.45) is 5.92 Å². The standard InChI is InChI=1S/C29H30N6O4S2/c1-16(2)26(32-29(37)38-4)28(36)35-11-5-6-21(35)27-30-14-19(31-27)23-13-25-24(41-23)12-22(40-25)18-9-7-17(8-10-18)20-15-34(3)39-33-20/h5-10,12-16,21,26,33H,11H2,1-4H3,(H,30,31)(H,32,37). The smallest absolute Gasteiger partial charge is 0.407 e. The van der Waals surface area contributed by atoms with Crippen LogP contribution in [0.2, 0.25) is 0 Å². The number of aromatic nitrogens is 2. The zero-order chi connectivity index (χ0) is 28.7. The van der Waals surface area contributed by atoms with Gasteiger partial charge < -0.3 is 19.9 Å². The Morgan fingerprint density at radius 1 is 1.12 bits per heavy atom. The molecule has 0 aliphatic carbocycles. The number of benzene rings is 1. The van der Waals surface area contributed by atoms with E-state index >= 15 is 0 Å². The van der Waals surface area contributed by atoms with Crippen LogP contribution in [0.25, 0.3) is 36.1 Å². The van der Waals surface area contributed by atoms with Crippen LogP contribution in [0.3, 0.4) is 0 Å². The van der Waals surface area contributed by atoms with Gasteiger partial charge in [-0.3, -0.25) is 4.79 Å². The molecule has 2 atom stereocenters. The molecule has 2 unspecified atom stereocenters. The molecular formula is C29H30N6O4S2. The van der Waals surface area contributed by atoms with Crippen molar-refractivity contribution in [3.8, 4) is 21.0 Å². The van der Waals surface area contributed by atoms with Crippen LogP contribution in [0.4, 0.5) is 4.79 Å². The van der Waals surface area contributed by atoms with Gasteiger partial charge in [0.05, 0.1) is 35.8 Å². The minimum Gasteiger partial charge on any atom is -0.453 e. The summed E-state index contributed by atoms with van der Waals surface area (Å²) in [5.74, 6) is 0.409. The minimum absolute atomic E-state index is 0.102. The Labute approximate surface area is 245 Å². The van der Waals surface area contributed by atoms with E-state index in [1.54, 1.807) is 32.6 Å². The van der Waals surface area contributed by atoms with Gasteiger partial charge in [-0.05, 0) is 23.6 Å². The molecule has 0 saturated carbocycles. The number of carbonyl (C=O) groups is 2. The van der Waals surface area contributed by atoms with Gasteiger partial charge in [0.25, 0.3) is 0 Å². The number of rotatable bonds is 7. The number of imidazole rings is 1. The predicted octanol–water partition coefficient (Wildman–Crippen LogP) is 5.52. The van der Waals surface area contributed by atoms with Gasteiger partial charge >= 0.3 is 6.09 Å². The van der Waals surface area contributed by atoms with Crippen molar-refractivity contribution in [1.82, 2.24) is 30.7 Å². The molecule has 4 aromatic rings. The Hall–Kier alpha value is -4.13. The summed E-state index contributed by atoms with van der Waals surface area (Å²) in [5, 5.41) is 4.30. The van der Waals surface area contributed by atoms with Gasteiger partial charge in [-0.25, -0.2) is 20.3 Å². The molecule has 2 aliphatic heterocycles. The molecule has 0 spiro atoms. The lowest BCUT2D eigenvalue weighted by atomic mass is 10.0. The van der Waals surface area contributed by atoms with E-state index in [4.69, 9.17) is 9.68 Å². The summed E-state index contributed by atoms with van der Waals surface area (Å²) < 4.78 is 7.14. The van der Waals surface area contributed by atoms with Crippen molar-refractivity contribution in [2.75, 3.05) is 20.7 Å². The lowest BCUT2D eigenvalue weighted by molar-refractivity contribution is -0.135. The molecule has 3 N–H and O–H groups in total. The van der Waals surface area contributed by atoms with E-state index < -0.39 is 12.1 Å². The monoisotopic (exact) mass is 590 g/mol. The van der Waals surface area contributed by atoms with Crippen LogP contribution in [0.1, 0.15) is 31.3 Å². The summed E-state index contributed by atoms with van der Waals surface area (Å²) in [6.07, 6.45) is 7.01. The molecule has 3 aromatic heterocycles. The van der Waals surface area contributed by atoms with Crippen LogP contribution in [-0.4, -0.2) is 58.7 Å². The number of carbonyl (C=O) groups excluding carboxylic acids is 2. The molecule has 2 amide bonds. The first-order chi connectivity index (χ1) is 19.8. The highest BCUT2D eigenvalue weighted by Crippen LogP contribution is 2.42. The fraction of sp³-hybridized carbons (Fsp3) is 0.276. The average Bonchev–Trinajstić information content (AvgIpc) is 3.78. The first-order valence-corrected chi connectivity index (χ1v) is 14.8. The molecule has 5 heterocycles. The highest BCUT2D eigenvalue weighted by Gasteiger charge is 2.35. The molecule has 2 aliphatic rings. The maximum absolute atomic E-state index is 13.4. The first-order valence-electron chi connectivity index (χ1n) is 13.2. The topological polar surface area (TPSA) is 112 Å². The van der Waals surface area contributed by atoms with Crippen molar-refractivity contribution in [1.29, 1.82) is 0 Å². The van der Waals surface area contributed by atoms with Gasteiger partial charge in [0.1, 0.15) is 17.9 Å². The number of hydrogen-bond donors (Lipinski definition) is 3. The minimum atomic E-state index is -0.694. The molecule has 0 fully saturated rings. The summed E-state index contributed by atoms with van der Waals surface area (Å²) >= 11 is 3.47. The van der Waals surface area contributed by atoms with Crippen molar-refractivity contribution in [3.63, 3.8) is 0 Å². The molecule has 0 saturated heterocycles. The van der Waals surface area contributed by atoms with E-state index in [0.29, 0.717) is 12.4 Å². The van der Waals surface area contributed by atoms with Crippen LogP contribution >= 0.6 is 22.7 Å². The van der Waals surface area contributed by atoms with E-state index in [1.165, 1.54) is 27.0 Å². The van der Waals surface area contributed by atoms with Gasteiger partial charge in [-0.2, -0.15) is 4.94 Å². The Morgan fingerprint density at radius 3 is 2.51 bits per heavy atom. The average molecular weight is 591 g/mol. The molecule has 212 valence electrons. The van der Waals surface area contributed by atoms with Crippen LogP contribution in [-0.2, 0) is 14.5 Å². The largest absolute Gasteiger partial charge is 0.453 e. The lowest BCUT2D eigenvalue weighted by Gasteiger charge is -2.29. The second-order valence-electron chi connectivity index (χ2n) is 10.2. The number of alkyl carbamates (subject to hydrolysis) is 1. The van der Waals surface area contributed by atoms with Crippen molar-refractivity contribution < 1.29 is 19.3 Å². The fourth-order valence-corrected chi connectivity index (χ4v) is 7.26. The van der Waals surface area contributed by atoms with Crippen LogP contribution < -0.4 is 10.8 Å². The Balaban J connectivity index is 1.18. The number of amides is 2. The van der Waals surface area contributed by atoms with E-state index in [1.807, 2.05) is 45.4 Å². The molecule has 12 heteroatoms. The van der Waals surface area contributed by atoms with Crippen LogP contribution in [0, 0.1) is 5.92 Å². The van der Waals surface area contributed by atoms with E-state index in [-0.39, 0.29) is 17.9 Å². The quantitative estimate of drug-likeness (QED) is 0.243. The van der Waals surface area contributed by atoms with E-state index in [2.05, 4.69) is 57.2 Å². The van der Waals surface area contributed by atoms with Gasteiger partial charge in [0.15, 0.2) is 0 Å². The number of nitrogens with zero attached hydrogens (tertiary/aromatic N) is 3. The van der Waals surface area contributed by atoms with Crippen LogP contribution in [0.5, 0.6) is 0 Å². The SMILES string of the molecule is COC(=O)NC(C(=O)N1CC=CC1c1ncc(-c2cc3sc(-c4ccc(C5=CN(C)ON5)cc4)cc3s2)[nH]1)C(C)C. The Kier molecular flexibility index (Phi) is 7.28. The third-order valence-corrected chi connectivity index (χ3v) is 9.45. The molecule has 0 bridgehead atoms. The summed E-state index contributed by atoms with van der Waals surface area (Å²) in [7, 11) is 3.12. The first kappa shape index (κ1) is 27.1. The van der Waals surface area contributed by atoms with Crippen LogP contribution in [0.15, 0.2) is 60.9 Å². The van der Waals surface area contributed by atoms with Gasteiger partial charge in [0, 0.05) is 33.4 Å². The molecule has 10 nitrogen and oxygen atoms in total. The molecule has 0 radical (unpaired) electrons. The molecule has 41 heavy (non-hydrogen) atoms. The molecule has 1 aromatic carbocycles. The molecular weight excluding hydrogens is 560 g/mol. The summed E-state index contributed by atoms with van der Waals surface area (Å²) in [6, 6.07) is 11.8. The number of methoxy groups -OCH3 is 1. The maximum Gasteiger partial charge on any atom is 0.407 e. The second kappa shape index (κ2) is 11.0. The van der Waals surface area contributed by atoms with Gasteiger partial charge in [-0.15, -0.1) is 22.7 Å². The molecule has 6 rings (SSSR count). The number of nitrogens with one attached hydrogen (secondary N) is 3. The predicted molar refractivity (Wildman–Crippen MR) is 160 cm³/mol. The van der Waals surface area contributed by atoms with Gasteiger partial charge in [0.2, 0.25) is 5.91 Å². The number of fused-ring (bicyclic) bond motifs is 1. The summed E-state index contributed by atoms with van der Waals surface area (Å²) in [6.45, 7) is 4.24.